The zero-order valence-corrected chi connectivity index (χ0v) is 20.3. The van der Waals surface area contributed by atoms with Gasteiger partial charge in [-0.3, -0.25) is 10.1 Å². The summed E-state index contributed by atoms with van der Waals surface area (Å²) in [6.45, 7) is 1.24. The van der Waals surface area contributed by atoms with Gasteiger partial charge in [-0.25, -0.2) is 8.42 Å². The SMILES string of the molecule is CS(=O)(=O)c1nsc(NC(=O)C(C#N)=Cc2cn(CCCOc3ccccc3)c3ccccc23)n1. The molecule has 2 aromatic heterocycles. The second-order valence-electron chi connectivity index (χ2n) is 7.59. The molecule has 0 radical (unpaired) electrons. The van der Waals surface area contributed by atoms with Crippen molar-refractivity contribution in [3.63, 3.8) is 0 Å². The second kappa shape index (κ2) is 10.5. The van der Waals surface area contributed by atoms with Crippen LogP contribution in [0, 0.1) is 11.3 Å². The first-order valence-corrected chi connectivity index (χ1v) is 13.2. The number of nitrogens with zero attached hydrogens (tertiary/aromatic N) is 4. The monoisotopic (exact) mass is 507 g/mol. The van der Waals surface area contributed by atoms with E-state index in [9.17, 15) is 18.5 Å². The van der Waals surface area contributed by atoms with Crippen LogP contribution in [0.15, 0.2) is 71.5 Å². The van der Waals surface area contributed by atoms with Crippen molar-refractivity contribution in [2.45, 2.75) is 18.1 Å². The number of sulfone groups is 1. The molecule has 2 heterocycles. The molecule has 4 rings (SSSR count). The molecule has 1 N–H and O–H groups in total. The third-order valence-corrected chi connectivity index (χ3v) is 6.59. The van der Waals surface area contributed by atoms with Gasteiger partial charge in [0.1, 0.15) is 17.4 Å². The third kappa shape index (κ3) is 5.92. The number of hydrogen-bond donors (Lipinski definition) is 1. The molecule has 0 bridgehead atoms. The molecule has 0 aliphatic rings. The average molecular weight is 508 g/mol. The molecule has 4 aromatic rings. The Hall–Kier alpha value is -4.01. The van der Waals surface area contributed by atoms with Gasteiger partial charge in [-0.1, -0.05) is 36.4 Å². The highest BCUT2D eigenvalue weighted by molar-refractivity contribution is 7.90. The molecule has 35 heavy (non-hydrogen) atoms. The number of carbonyl (C=O) groups excluding carboxylic acids is 1. The summed E-state index contributed by atoms with van der Waals surface area (Å²) in [4.78, 5) is 16.5. The molecule has 0 atom stereocenters. The highest BCUT2D eigenvalue weighted by Crippen LogP contribution is 2.25. The van der Waals surface area contributed by atoms with Gasteiger partial charge >= 0.3 is 0 Å². The van der Waals surface area contributed by atoms with Gasteiger partial charge in [0, 0.05) is 47.0 Å². The summed E-state index contributed by atoms with van der Waals surface area (Å²) >= 11 is 0.730. The summed E-state index contributed by atoms with van der Waals surface area (Å²) < 4.78 is 34.7. The van der Waals surface area contributed by atoms with Crippen LogP contribution in [-0.2, 0) is 21.2 Å². The van der Waals surface area contributed by atoms with Crippen molar-refractivity contribution in [1.29, 1.82) is 5.26 Å². The Morgan fingerprint density at radius 2 is 1.94 bits per heavy atom. The maximum absolute atomic E-state index is 12.7. The van der Waals surface area contributed by atoms with Crippen LogP contribution >= 0.6 is 11.5 Å². The lowest BCUT2D eigenvalue weighted by molar-refractivity contribution is -0.112. The normalized spacial score (nSPS) is 11.8. The van der Waals surface area contributed by atoms with Gasteiger partial charge in [-0.15, -0.1) is 0 Å². The smallest absolute Gasteiger partial charge is 0.268 e. The number of aryl methyl sites for hydroxylation is 1. The van der Waals surface area contributed by atoms with Gasteiger partial charge in [-0.2, -0.15) is 14.6 Å². The van der Waals surface area contributed by atoms with E-state index in [1.165, 1.54) is 6.08 Å². The van der Waals surface area contributed by atoms with Crippen molar-refractivity contribution < 1.29 is 17.9 Å². The lowest BCUT2D eigenvalue weighted by Gasteiger charge is -2.07. The standard InChI is InChI=1S/C24H21N5O4S2/c1-35(31,32)24-27-23(34-28-24)26-22(30)17(15-25)14-18-16-29(21-11-6-5-10-20(18)21)12-7-13-33-19-8-3-2-4-9-19/h2-6,8-11,14,16H,7,12-13H2,1H3,(H,26,27,28,30). The third-order valence-electron chi connectivity index (χ3n) is 5.00. The van der Waals surface area contributed by atoms with E-state index in [0.29, 0.717) is 18.7 Å². The molecular formula is C24H21N5O4S2. The lowest BCUT2D eigenvalue weighted by Crippen LogP contribution is -2.13. The molecule has 9 nitrogen and oxygen atoms in total. The summed E-state index contributed by atoms with van der Waals surface area (Å²) in [5.41, 5.74) is 1.54. The summed E-state index contributed by atoms with van der Waals surface area (Å²) in [6.07, 6.45) is 5.14. The van der Waals surface area contributed by atoms with Crippen molar-refractivity contribution in [3.05, 3.63) is 71.9 Å². The number of aromatic nitrogens is 3. The fraction of sp³-hybridized carbons (Fsp3) is 0.167. The first-order chi connectivity index (χ1) is 16.8. The fourth-order valence-corrected chi connectivity index (χ4v) is 4.84. The fourth-order valence-electron chi connectivity index (χ4n) is 3.40. The number of anilines is 1. The number of amides is 1. The van der Waals surface area contributed by atoms with E-state index >= 15 is 0 Å². The number of carbonyl (C=O) groups is 1. The van der Waals surface area contributed by atoms with Gasteiger partial charge in [0.25, 0.3) is 11.1 Å². The zero-order valence-electron chi connectivity index (χ0n) is 18.7. The van der Waals surface area contributed by atoms with Crippen molar-refractivity contribution in [2.75, 3.05) is 18.2 Å². The topological polar surface area (TPSA) is 127 Å². The lowest BCUT2D eigenvalue weighted by atomic mass is 10.1. The zero-order chi connectivity index (χ0) is 24.8. The van der Waals surface area contributed by atoms with Crippen LogP contribution in [0.4, 0.5) is 5.13 Å². The predicted molar refractivity (Wildman–Crippen MR) is 134 cm³/mol. The molecule has 0 fully saturated rings. The minimum Gasteiger partial charge on any atom is -0.494 e. The van der Waals surface area contributed by atoms with E-state index in [1.807, 2.05) is 66.9 Å². The number of ether oxygens (including phenoxy) is 1. The highest BCUT2D eigenvalue weighted by atomic mass is 32.2. The Bertz CT molecular complexity index is 1530. The summed E-state index contributed by atoms with van der Waals surface area (Å²) in [5.74, 6) is 0.119. The van der Waals surface area contributed by atoms with Gasteiger partial charge in [0.05, 0.1) is 6.61 Å². The van der Waals surface area contributed by atoms with Gasteiger partial charge in [0.2, 0.25) is 15.0 Å². The van der Waals surface area contributed by atoms with Gasteiger partial charge in [0.15, 0.2) is 0 Å². The van der Waals surface area contributed by atoms with Crippen molar-refractivity contribution in [1.82, 2.24) is 13.9 Å². The molecule has 0 spiro atoms. The molecular weight excluding hydrogens is 486 g/mol. The van der Waals surface area contributed by atoms with E-state index in [4.69, 9.17) is 4.74 Å². The summed E-state index contributed by atoms with van der Waals surface area (Å²) in [5, 5.41) is 12.6. The molecule has 0 saturated heterocycles. The van der Waals surface area contributed by atoms with Crippen LogP contribution in [0.3, 0.4) is 0 Å². The minimum atomic E-state index is -3.59. The Kier molecular flexibility index (Phi) is 7.24. The van der Waals surface area contributed by atoms with Gasteiger partial charge < -0.3 is 9.30 Å². The number of fused-ring (bicyclic) bond motifs is 1. The van der Waals surface area contributed by atoms with Crippen LogP contribution in [0.5, 0.6) is 5.75 Å². The van der Waals surface area contributed by atoms with E-state index in [-0.39, 0.29) is 15.9 Å². The quantitative estimate of drug-likeness (QED) is 0.207. The largest absolute Gasteiger partial charge is 0.494 e. The summed E-state index contributed by atoms with van der Waals surface area (Å²) in [6, 6.07) is 19.2. The minimum absolute atomic E-state index is 0.00239. The predicted octanol–water partition coefficient (Wildman–Crippen LogP) is 3.91. The molecule has 0 unspecified atom stereocenters. The molecule has 0 aliphatic carbocycles. The van der Waals surface area contributed by atoms with Crippen molar-refractivity contribution in [2.24, 2.45) is 0 Å². The van der Waals surface area contributed by atoms with E-state index in [0.717, 1.165) is 40.9 Å². The number of hydrogen-bond acceptors (Lipinski definition) is 8. The van der Waals surface area contributed by atoms with E-state index in [2.05, 4.69) is 19.2 Å². The average Bonchev–Trinajstić information content (AvgIpc) is 3.46. The molecule has 1 amide bonds. The maximum atomic E-state index is 12.7. The molecule has 11 heteroatoms. The van der Waals surface area contributed by atoms with Crippen LogP contribution in [0.25, 0.3) is 17.0 Å². The molecule has 0 aliphatic heterocycles. The number of rotatable bonds is 9. The van der Waals surface area contributed by atoms with E-state index < -0.39 is 15.7 Å². The van der Waals surface area contributed by atoms with Crippen LogP contribution < -0.4 is 10.1 Å². The van der Waals surface area contributed by atoms with Crippen molar-refractivity contribution in [3.8, 4) is 11.8 Å². The van der Waals surface area contributed by atoms with E-state index in [1.54, 1.807) is 0 Å². The number of benzene rings is 2. The van der Waals surface area contributed by atoms with Crippen LogP contribution in [-0.4, -0.2) is 41.1 Å². The van der Waals surface area contributed by atoms with Crippen LogP contribution in [0.1, 0.15) is 12.0 Å². The number of para-hydroxylation sites is 2. The second-order valence-corrected chi connectivity index (χ2v) is 10.2. The van der Waals surface area contributed by atoms with Crippen LogP contribution in [0.2, 0.25) is 0 Å². The number of nitriles is 1. The summed E-state index contributed by atoms with van der Waals surface area (Å²) in [7, 11) is -3.59. The number of nitrogens with one attached hydrogen (secondary N) is 1. The molecule has 0 saturated carbocycles. The first-order valence-electron chi connectivity index (χ1n) is 10.6. The molecule has 178 valence electrons. The Morgan fingerprint density at radius 3 is 2.66 bits per heavy atom. The Balaban J connectivity index is 1.50. The maximum Gasteiger partial charge on any atom is 0.268 e. The molecule has 2 aromatic carbocycles. The van der Waals surface area contributed by atoms with Gasteiger partial charge in [-0.05, 0) is 30.7 Å². The first kappa shape index (κ1) is 24.1. The van der Waals surface area contributed by atoms with Crippen molar-refractivity contribution >= 4 is 49.4 Å². The Morgan fingerprint density at radius 1 is 1.20 bits per heavy atom. The highest BCUT2D eigenvalue weighted by Gasteiger charge is 2.18. The Labute approximate surface area is 206 Å².